The number of carboxylic acids is 1. The van der Waals surface area contributed by atoms with Gasteiger partial charge in [-0.25, -0.2) is 4.98 Å². The number of hydrogen-bond donors (Lipinski definition) is 15. The number of unbranched alkanes of at least 4 members (excludes halogenated alkanes) is 1. The molecule has 0 aliphatic carbocycles. The third-order valence-electron chi connectivity index (χ3n) is 8.42. The number of aliphatic hydroxyl groups excluding tert-OH is 2. The van der Waals surface area contributed by atoms with Gasteiger partial charge >= 0.3 is 5.97 Å². The van der Waals surface area contributed by atoms with Crippen LogP contribution in [0.4, 0.5) is 0 Å². The summed E-state index contributed by atoms with van der Waals surface area (Å²) < 4.78 is 0. The van der Waals surface area contributed by atoms with Crippen LogP contribution < -0.4 is 54.4 Å². The van der Waals surface area contributed by atoms with Crippen LogP contribution in [0.15, 0.2) is 12.5 Å². The van der Waals surface area contributed by atoms with E-state index in [0.717, 1.165) is 0 Å². The fraction of sp³-hybridized carbons (Fsp3) is 0.647. The first-order valence-electron chi connectivity index (χ1n) is 18.7. The van der Waals surface area contributed by atoms with Crippen molar-refractivity contribution in [2.75, 3.05) is 32.1 Å². The van der Waals surface area contributed by atoms with Gasteiger partial charge in [0.25, 0.3) is 0 Å². The molecular weight excluding hydrogens is 801 g/mol. The minimum atomic E-state index is -1.72. The van der Waals surface area contributed by atoms with E-state index in [1.807, 2.05) is 0 Å². The summed E-state index contributed by atoms with van der Waals surface area (Å²) in [4.78, 5) is 121. The van der Waals surface area contributed by atoms with E-state index in [4.69, 9.17) is 22.3 Å². The number of amides is 8. The molecule has 59 heavy (non-hydrogen) atoms. The number of nitrogens with one attached hydrogen (secondary N) is 8. The van der Waals surface area contributed by atoms with E-state index in [-0.39, 0.29) is 50.3 Å². The number of aliphatic carboxylic acids is 1. The van der Waals surface area contributed by atoms with E-state index in [9.17, 15) is 53.4 Å². The fourth-order valence-corrected chi connectivity index (χ4v) is 5.41. The van der Waals surface area contributed by atoms with Gasteiger partial charge in [0.15, 0.2) is 0 Å². The average Bonchev–Trinajstić information content (AvgIpc) is 3.70. The van der Waals surface area contributed by atoms with Gasteiger partial charge in [-0.3, -0.25) is 43.2 Å². The van der Waals surface area contributed by atoms with Crippen LogP contribution in [0, 0.1) is 5.92 Å². The number of carbonyl (C=O) groups excluding carboxylic acids is 8. The second kappa shape index (κ2) is 27.3. The van der Waals surface area contributed by atoms with E-state index in [1.54, 1.807) is 13.8 Å². The summed E-state index contributed by atoms with van der Waals surface area (Å²) in [7, 11) is 0. The van der Waals surface area contributed by atoms with Gasteiger partial charge in [-0.15, -0.1) is 0 Å². The zero-order valence-corrected chi connectivity index (χ0v) is 33.8. The molecule has 8 amide bonds. The van der Waals surface area contributed by atoms with Crippen molar-refractivity contribution in [2.24, 2.45) is 23.1 Å². The predicted octanol–water partition coefficient (Wildman–Crippen LogP) is -6.26. The molecule has 0 unspecified atom stereocenters. The summed E-state index contributed by atoms with van der Waals surface area (Å²) in [5, 5.41) is 45.5. The van der Waals surface area contributed by atoms with Crippen LogP contribution in [0.5, 0.6) is 0 Å². The fourth-order valence-electron chi connectivity index (χ4n) is 5.24. The summed E-state index contributed by atoms with van der Waals surface area (Å²) >= 11 is 3.98. The highest BCUT2D eigenvalue weighted by atomic mass is 32.1. The van der Waals surface area contributed by atoms with Gasteiger partial charge < -0.3 is 74.7 Å². The van der Waals surface area contributed by atoms with Crippen molar-refractivity contribution in [2.45, 2.75) is 101 Å². The Morgan fingerprint density at radius 2 is 1.22 bits per heavy atom. The van der Waals surface area contributed by atoms with Crippen molar-refractivity contribution in [3.8, 4) is 0 Å². The van der Waals surface area contributed by atoms with Crippen LogP contribution in [0.1, 0.15) is 58.1 Å². The van der Waals surface area contributed by atoms with Crippen LogP contribution in [0.2, 0.25) is 0 Å². The molecular formula is C34H58N12O12S. The van der Waals surface area contributed by atoms with Crippen molar-refractivity contribution in [1.82, 2.24) is 47.2 Å². The highest BCUT2D eigenvalue weighted by molar-refractivity contribution is 7.80. The number of imidazole rings is 1. The number of carbonyl (C=O) groups is 9. The molecule has 1 aromatic heterocycles. The lowest BCUT2D eigenvalue weighted by Crippen LogP contribution is -2.61. The number of aliphatic hydroxyl groups is 2. The van der Waals surface area contributed by atoms with Crippen LogP contribution in [-0.4, -0.2) is 153 Å². The zero-order valence-electron chi connectivity index (χ0n) is 32.9. The Hall–Kier alpha value is -5.37. The van der Waals surface area contributed by atoms with Gasteiger partial charge in [0.2, 0.25) is 47.3 Å². The topological polar surface area (TPSA) is 405 Å². The Kier molecular flexibility index (Phi) is 23.9. The third-order valence-corrected chi connectivity index (χ3v) is 8.82. The molecule has 0 saturated heterocycles. The van der Waals surface area contributed by atoms with Crippen molar-refractivity contribution in [3.05, 3.63) is 18.2 Å². The molecule has 25 heteroatoms. The van der Waals surface area contributed by atoms with E-state index < -0.39 is 115 Å². The number of H-pyrrole nitrogens is 1. The highest BCUT2D eigenvalue weighted by Crippen LogP contribution is 2.10. The molecule has 0 saturated carbocycles. The van der Waals surface area contributed by atoms with Crippen LogP contribution >= 0.6 is 12.6 Å². The lowest BCUT2D eigenvalue weighted by Gasteiger charge is -2.27. The van der Waals surface area contributed by atoms with Gasteiger partial charge in [0.05, 0.1) is 25.6 Å². The second-order valence-corrected chi connectivity index (χ2v) is 14.2. The maximum absolute atomic E-state index is 13.7. The largest absolute Gasteiger partial charge is 0.480 e. The van der Waals surface area contributed by atoms with Gasteiger partial charge in [0.1, 0.15) is 42.8 Å². The Balaban J connectivity index is 3.19. The number of nitrogens with two attached hydrogens (primary N) is 3. The number of aromatic amines is 1. The second-order valence-electron chi connectivity index (χ2n) is 13.8. The average molecular weight is 859 g/mol. The lowest BCUT2D eigenvalue weighted by atomic mass is 10.0. The number of nitrogens with zero attached hydrogens (tertiary/aromatic N) is 1. The highest BCUT2D eigenvalue weighted by Gasteiger charge is 2.34. The minimum absolute atomic E-state index is 0.0225. The third kappa shape index (κ3) is 19.8. The number of aromatic nitrogens is 2. The van der Waals surface area contributed by atoms with E-state index in [2.05, 4.69) is 59.8 Å². The Morgan fingerprint density at radius 3 is 1.69 bits per heavy atom. The molecule has 0 bridgehead atoms. The molecule has 0 radical (unpaired) electrons. The molecule has 0 aliphatic heterocycles. The minimum Gasteiger partial charge on any atom is -0.480 e. The first kappa shape index (κ1) is 51.6. The maximum Gasteiger partial charge on any atom is 0.322 e. The molecule has 0 aliphatic rings. The van der Waals surface area contributed by atoms with Crippen molar-refractivity contribution in [3.63, 3.8) is 0 Å². The van der Waals surface area contributed by atoms with E-state index in [0.29, 0.717) is 18.5 Å². The van der Waals surface area contributed by atoms with Gasteiger partial charge in [-0.1, -0.05) is 13.8 Å². The Bertz CT molecular complexity index is 1570. The Labute approximate surface area is 345 Å². The van der Waals surface area contributed by atoms with Crippen LogP contribution in [0.25, 0.3) is 0 Å². The summed E-state index contributed by atoms with van der Waals surface area (Å²) in [6, 6.07) is -9.88. The number of rotatable bonds is 29. The van der Waals surface area contributed by atoms with Crippen molar-refractivity contribution in [1.29, 1.82) is 0 Å². The first-order chi connectivity index (χ1) is 27.9. The SMILES string of the molecule is CC(C)C[C@H](NC(=O)[C@H](CCCCN)NC(=O)[C@H](CO)NC(=O)[C@H](CO)NC(=O)[C@H](Cc1cnc[nH]1)NC(=O)[C@@H](N)CS)C(=O)N[C@@H](CCC(N)=O)C(=O)NCC(=O)O. The molecule has 0 spiro atoms. The molecule has 1 aromatic rings. The van der Waals surface area contributed by atoms with Crippen molar-refractivity contribution >= 4 is 65.9 Å². The molecule has 1 heterocycles. The first-order valence-corrected chi connectivity index (χ1v) is 19.4. The molecule has 1 rings (SSSR count). The molecule has 24 nitrogen and oxygen atoms in total. The summed E-state index contributed by atoms with van der Waals surface area (Å²) in [5.74, 6) is -8.90. The van der Waals surface area contributed by atoms with Gasteiger partial charge in [-0.05, 0) is 44.6 Å². The van der Waals surface area contributed by atoms with Crippen molar-refractivity contribution < 1.29 is 58.5 Å². The van der Waals surface area contributed by atoms with Crippen LogP contribution in [0.3, 0.4) is 0 Å². The molecule has 17 N–H and O–H groups in total. The number of thiol groups is 1. The standard InChI is InChI=1S/C34H58N12O12S/c1-17(2)9-22(31(55)42-21(6-7-26(37)49)29(53)39-12-27(50)51)44-30(54)20(5-3-4-8-35)41-33(57)24(13-47)46-34(58)25(14-48)45-32(56)23(10-18-11-38-16-40-18)43-28(52)19(36)15-59/h11,16-17,19-25,47-48,59H,3-10,12-15,35-36H2,1-2H3,(H2,37,49)(H,38,40)(H,39,53)(H,41,57)(H,42,55)(H,43,52)(H,44,54)(H,45,56)(H,46,58)(H,50,51)/t19-,20-,21-,22-,23-,24-,25-/m0/s1. The molecule has 0 aromatic carbocycles. The number of hydrogen-bond acceptors (Lipinski definition) is 15. The summed E-state index contributed by atoms with van der Waals surface area (Å²) in [5.41, 5.74) is 17.0. The van der Waals surface area contributed by atoms with Crippen LogP contribution in [-0.2, 0) is 49.6 Å². The number of carboxylic acid groups (broad SMARTS) is 1. The summed E-state index contributed by atoms with van der Waals surface area (Å²) in [6.45, 7) is 0.949. The molecule has 332 valence electrons. The lowest BCUT2D eigenvalue weighted by molar-refractivity contribution is -0.139. The van der Waals surface area contributed by atoms with Gasteiger partial charge in [0, 0.05) is 30.5 Å². The quantitative estimate of drug-likeness (QED) is 0.0263. The van der Waals surface area contributed by atoms with Gasteiger partial charge in [-0.2, -0.15) is 12.6 Å². The van der Waals surface area contributed by atoms with E-state index in [1.165, 1.54) is 12.5 Å². The molecule has 0 fully saturated rings. The number of primary amides is 1. The normalized spacial score (nSPS) is 14.6. The summed E-state index contributed by atoms with van der Waals surface area (Å²) in [6.07, 6.45) is 2.72. The predicted molar refractivity (Wildman–Crippen MR) is 211 cm³/mol. The maximum atomic E-state index is 13.7. The molecule has 7 atom stereocenters. The van der Waals surface area contributed by atoms with E-state index >= 15 is 0 Å². The monoisotopic (exact) mass is 858 g/mol. The zero-order chi connectivity index (χ0) is 44.7. The Morgan fingerprint density at radius 1 is 0.729 bits per heavy atom. The smallest absolute Gasteiger partial charge is 0.322 e.